The van der Waals surface area contributed by atoms with Crippen molar-refractivity contribution in [1.82, 2.24) is 0 Å². The zero-order chi connectivity index (χ0) is 10.9. The molecule has 0 N–H and O–H groups in total. The molecule has 5 nitrogen and oxygen atoms in total. The number of halogens is 1. The Hall–Kier alpha value is 0.0200. The number of nitro benzene ring substituents is 1. The van der Waals surface area contributed by atoms with Gasteiger partial charge in [-0.15, -0.1) is 0 Å². The van der Waals surface area contributed by atoms with Crippen molar-refractivity contribution in [2.45, 2.75) is 11.8 Å². The van der Waals surface area contributed by atoms with Crippen molar-refractivity contribution < 1.29 is 43.2 Å². The number of nitro groups is 1. The second kappa shape index (κ2) is 5.93. The molecule has 0 saturated heterocycles. The van der Waals surface area contributed by atoms with Gasteiger partial charge in [0.15, 0.2) is 0 Å². The zero-order valence-electron chi connectivity index (χ0n) is 8.02. The third-order valence-electron chi connectivity index (χ3n) is 1.62. The SMILES string of the molecule is Cc1cc(Cl)c([N+](=O)[O-])cc1S(=O)[O-].[Na+]. The Labute approximate surface area is 116 Å². The first-order valence-electron chi connectivity index (χ1n) is 3.47. The number of hydrogen-bond donors (Lipinski definition) is 0. The van der Waals surface area contributed by atoms with Gasteiger partial charge in [-0.05, 0) is 29.6 Å². The first-order valence-corrected chi connectivity index (χ1v) is 4.92. The fraction of sp³-hybridized carbons (Fsp3) is 0.143. The molecule has 0 aliphatic carbocycles. The van der Waals surface area contributed by atoms with Gasteiger partial charge in [-0.2, -0.15) is 0 Å². The smallest absolute Gasteiger partial charge is 0.768 e. The zero-order valence-corrected chi connectivity index (χ0v) is 11.6. The Kier molecular flexibility index (Phi) is 5.94. The van der Waals surface area contributed by atoms with Crippen LogP contribution in [0.4, 0.5) is 5.69 Å². The summed E-state index contributed by atoms with van der Waals surface area (Å²) in [5, 5.41) is 10.4. The van der Waals surface area contributed by atoms with E-state index in [9.17, 15) is 18.9 Å². The molecule has 1 atom stereocenters. The van der Waals surface area contributed by atoms with E-state index in [1.165, 1.54) is 13.0 Å². The van der Waals surface area contributed by atoms with Crippen molar-refractivity contribution in [3.63, 3.8) is 0 Å². The predicted octanol–water partition coefficient (Wildman–Crippen LogP) is -1.20. The Morgan fingerprint density at radius 3 is 2.40 bits per heavy atom. The fourth-order valence-corrected chi connectivity index (χ4v) is 1.78. The van der Waals surface area contributed by atoms with E-state index in [1.807, 2.05) is 0 Å². The van der Waals surface area contributed by atoms with Crippen molar-refractivity contribution in [3.05, 3.63) is 32.8 Å². The molecule has 1 aromatic carbocycles. The van der Waals surface area contributed by atoms with Gasteiger partial charge in [0.05, 0.1) is 4.92 Å². The van der Waals surface area contributed by atoms with Gasteiger partial charge >= 0.3 is 29.6 Å². The third-order valence-corrected chi connectivity index (χ3v) is 2.72. The molecule has 0 aliphatic rings. The van der Waals surface area contributed by atoms with Gasteiger partial charge in [-0.25, -0.2) is 0 Å². The molecule has 0 aliphatic heterocycles. The van der Waals surface area contributed by atoms with E-state index in [2.05, 4.69) is 0 Å². The average Bonchev–Trinajstić information content (AvgIpc) is 2.02. The molecule has 76 valence electrons. The molecule has 1 aromatic rings. The van der Waals surface area contributed by atoms with E-state index in [4.69, 9.17) is 11.6 Å². The van der Waals surface area contributed by atoms with Gasteiger partial charge in [0, 0.05) is 11.0 Å². The minimum Gasteiger partial charge on any atom is -0.768 e. The number of aryl methyl sites for hydroxylation is 1. The maximum absolute atomic E-state index is 10.6. The van der Waals surface area contributed by atoms with E-state index in [-0.39, 0.29) is 39.5 Å². The van der Waals surface area contributed by atoms with Crippen LogP contribution >= 0.6 is 11.6 Å². The van der Waals surface area contributed by atoms with E-state index >= 15 is 0 Å². The van der Waals surface area contributed by atoms with Crippen molar-refractivity contribution in [2.24, 2.45) is 0 Å². The largest absolute Gasteiger partial charge is 1.00 e. The van der Waals surface area contributed by atoms with Crippen LogP contribution in [0.15, 0.2) is 17.0 Å². The minimum absolute atomic E-state index is 0. The van der Waals surface area contributed by atoms with Crippen LogP contribution in [0.2, 0.25) is 5.02 Å². The summed E-state index contributed by atoms with van der Waals surface area (Å²) in [7, 11) is 0. The van der Waals surface area contributed by atoms with Crippen LogP contribution in [0, 0.1) is 17.0 Å². The van der Waals surface area contributed by atoms with Gasteiger partial charge in [0.25, 0.3) is 5.69 Å². The summed E-state index contributed by atoms with van der Waals surface area (Å²) in [6.07, 6.45) is 0. The summed E-state index contributed by atoms with van der Waals surface area (Å²) >= 11 is 3.07. The van der Waals surface area contributed by atoms with Gasteiger partial charge in [-0.1, -0.05) is 11.6 Å². The van der Waals surface area contributed by atoms with E-state index in [1.54, 1.807) is 0 Å². The van der Waals surface area contributed by atoms with Crippen LogP contribution in [0.1, 0.15) is 5.56 Å². The van der Waals surface area contributed by atoms with Crippen LogP contribution < -0.4 is 29.6 Å². The molecule has 1 rings (SSSR count). The van der Waals surface area contributed by atoms with Gasteiger partial charge in [0.1, 0.15) is 5.02 Å². The molecule has 1 unspecified atom stereocenters. The molecular formula is C7H5ClNNaO4S. The first kappa shape index (κ1) is 15.0. The molecule has 0 radical (unpaired) electrons. The van der Waals surface area contributed by atoms with E-state index in [0.29, 0.717) is 5.56 Å². The van der Waals surface area contributed by atoms with Crippen LogP contribution in [0.25, 0.3) is 0 Å². The summed E-state index contributed by atoms with van der Waals surface area (Å²) in [4.78, 5) is 9.59. The molecule has 8 heteroatoms. The molecule has 0 saturated carbocycles. The third kappa shape index (κ3) is 3.51. The second-order valence-electron chi connectivity index (χ2n) is 2.56. The van der Waals surface area contributed by atoms with Crippen LogP contribution in [-0.4, -0.2) is 13.7 Å². The molecule has 0 fully saturated rings. The molecule has 0 spiro atoms. The maximum atomic E-state index is 10.6. The Morgan fingerprint density at radius 2 is 2.00 bits per heavy atom. The van der Waals surface area contributed by atoms with Crippen LogP contribution in [0.3, 0.4) is 0 Å². The Morgan fingerprint density at radius 1 is 1.47 bits per heavy atom. The van der Waals surface area contributed by atoms with Crippen LogP contribution in [-0.2, 0) is 11.1 Å². The van der Waals surface area contributed by atoms with Gasteiger partial charge in [-0.3, -0.25) is 14.3 Å². The van der Waals surface area contributed by atoms with Gasteiger partial charge in [0.2, 0.25) is 0 Å². The quantitative estimate of drug-likeness (QED) is 0.288. The molecule has 0 amide bonds. The summed E-state index contributed by atoms with van der Waals surface area (Å²) in [5.41, 5.74) is -0.0228. The van der Waals surface area contributed by atoms with Gasteiger partial charge < -0.3 is 4.55 Å². The van der Waals surface area contributed by atoms with Crippen molar-refractivity contribution in [1.29, 1.82) is 0 Å². The molecule has 0 heterocycles. The summed E-state index contributed by atoms with van der Waals surface area (Å²) in [5.74, 6) is 0. The minimum atomic E-state index is -2.49. The van der Waals surface area contributed by atoms with Crippen molar-refractivity contribution in [3.8, 4) is 0 Å². The Bertz CT molecular complexity index is 390. The van der Waals surface area contributed by atoms with Crippen molar-refractivity contribution >= 4 is 28.4 Å². The van der Waals surface area contributed by atoms with Crippen molar-refractivity contribution in [2.75, 3.05) is 0 Å². The molecule has 0 aromatic heterocycles. The predicted molar refractivity (Wildman–Crippen MR) is 50.0 cm³/mol. The number of benzene rings is 1. The summed E-state index contributed by atoms with van der Waals surface area (Å²) in [6, 6.07) is 2.20. The molecule has 0 bridgehead atoms. The number of nitrogens with zero attached hydrogens (tertiary/aromatic N) is 1. The fourth-order valence-electron chi connectivity index (χ4n) is 0.962. The standard InChI is InChI=1S/C7H6ClNO4S.Na/c1-4-2-5(8)6(9(10)11)3-7(4)14(12)13;/h2-3H,1H3,(H,12,13);/q;+1/p-1. The topological polar surface area (TPSA) is 83.3 Å². The summed E-state index contributed by atoms with van der Waals surface area (Å²) < 4.78 is 21.3. The first-order chi connectivity index (χ1) is 6.43. The van der Waals surface area contributed by atoms with Crippen LogP contribution in [0.5, 0.6) is 0 Å². The Balaban J connectivity index is 0.00000196. The molecular weight excluding hydrogens is 253 g/mol. The maximum Gasteiger partial charge on any atom is 1.00 e. The second-order valence-corrected chi connectivity index (χ2v) is 3.88. The van der Waals surface area contributed by atoms with E-state index < -0.39 is 21.7 Å². The normalized spacial score (nSPS) is 11.7. The van der Waals surface area contributed by atoms with E-state index in [0.717, 1.165) is 6.07 Å². The average molecular weight is 258 g/mol. The molecule has 15 heavy (non-hydrogen) atoms. The monoisotopic (exact) mass is 257 g/mol. The number of rotatable bonds is 2. The number of hydrogen-bond acceptors (Lipinski definition) is 4. The summed E-state index contributed by atoms with van der Waals surface area (Å²) in [6.45, 7) is 1.51.